The number of rotatable bonds is 6. The number of imide groups is 1. The highest BCUT2D eigenvalue weighted by Gasteiger charge is 2.36. The van der Waals surface area contributed by atoms with Crippen LogP contribution < -0.4 is 0 Å². The van der Waals surface area contributed by atoms with Crippen molar-refractivity contribution in [1.29, 1.82) is 0 Å². The summed E-state index contributed by atoms with van der Waals surface area (Å²) in [4.78, 5) is 51.1. The van der Waals surface area contributed by atoms with Crippen molar-refractivity contribution in [2.24, 2.45) is 0 Å². The first-order valence-electron chi connectivity index (χ1n) is 9.44. The molecule has 3 aromatic rings. The van der Waals surface area contributed by atoms with E-state index in [0.29, 0.717) is 10.6 Å². The van der Waals surface area contributed by atoms with Gasteiger partial charge in [-0.2, -0.15) is 0 Å². The number of amides is 2. The minimum atomic E-state index is -0.758. The summed E-state index contributed by atoms with van der Waals surface area (Å²) >= 11 is 5.80. The first-order valence-corrected chi connectivity index (χ1v) is 9.82. The number of esters is 1. The predicted octanol–water partition coefficient (Wildman–Crippen LogP) is 4.18. The van der Waals surface area contributed by atoms with E-state index in [1.165, 1.54) is 18.2 Å². The molecule has 0 N–H and O–H groups in total. The van der Waals surface area contributed by atoms with Crippen LogP contribution in [0.5, 0.6) is 0 Å². The van der Waals surface area contributed by atoms with Gasteiger partial charge in [0.1, 0.15) is 0 Å². The molecule has 1 aliphatic heterocycles. The van der Waals surface area contributed by atoms with Crippen molar-refractivity contribution in [2.75, 3.05) is 6.61 Å². The van der Waals surface area contributed by atoms with E-state index < -0.39 is 24.4 Å². The monoisotopic (exact) mass is 433 g/mol. The van der Waals surface area contributed by atoms with E-state index in [2.05, 4.69) is 0 Å². The molecule has 0 atom stereocenters. The molecule has 4 rings (SSSR count). The minimum Gasteiger partial charge on any atom is -0.454 e. The fraction of sp³-hybridized carbons (Fsp3) is 0.0833. The molecule has 0 aromatic heterocycles. The molecule has 7 heteroatoms. The normalized spacial score (nSPS) is 12.6. The van der Waals surface area contributed by atoms with Crippen LogP contribution in [0.1, 0.15) is 47.0 Å². The van der Waals surface area contributed by atoms with Crippen LogP contribution >= 0.6 is 11.6 Å². The maximum Gasteiger partial charge on any atom is 0.338 e. The van der Waals surface area contributed by atoms with Crippen LogP contribution in [0.3, 0.4) is 0 Å². The van der Waals surface area contributed by atoms with Gasteiger partial charge in [-0.25, -0.2) is 4.79 Å². The molecular weight excluding hydrogens is 418 g/mol. The number of carbonyl (C=O) groups is 4. The first-order chi connectivity index (χ1) is 14.9. The van der Waals surface area contributed by atoms with Crippen molar-refractivity contribution in [2.45, 2.75) is 6.54 Å². The second-order valence-corrected chi connectivity index (χ2v) is 7.39. The van der Waals surface area contributed by atoms with E-state index in [4.69, 9.17) is 16.3 Å². The Morgan fingerprint density at radius 3 is 2.16 bits per heavy atom. The Morgan fingerprint density at radius 2 is 1.45 bits per heavy atom. The second kappa shape index (κ2) is 8.53. The molecule has 31 heavy (non-hydrogen) atoms. The number of hydrogen-bond donors (Lipinski definition) is 0. The largest absolute Gasteiger partial charge is 0.454 e. The lowest BCUT2D eigenvalue weighted by Crippen LogP contribution is -2.29. The summed E-state index contributed by atoms with van der Waals surface area (Å²) in [6, 6.07) is 19.5. The molecule has 3 aromatic carbocycles. The van der Waals surface area contributed by atoms with Crippen molar-refractivity contribution >= 4 is 35.2 Å². The summed E-state index contributed by atoms with van der Waals surface area (Å²) in [6.07, 6.45) is 0. The fourth-order valence-corrected chi connectivity index (χ4v) is 3.39. The van der Waals surface area contributed by atoms with Crippen LogP contribution in [0.2, 0.25) is 5.02 Å². The summed E-state index contributed by atoms with van der Waals surface area (Å²) < 4.78 is 5.09. The van der Waals surface area contributed by atoms with E-state index in [1.807, 2.05) is 30.3 Å². The van der Waals surface area contributed by atoms with Crippen molar-refractivity contribution in [3.05, 3.63) is 106 Å². The molecule has 1 heterocycles. The third kappa shape index (κ3) is 4.25. The highest BCUT2D eigenvalue weighted by Crippen LogP contribution is 2.26. The Balaban J connectivity index is 1.46. The van der Waals surface area contributed by atoms with E-state index >= 15 is 0 Å². The van der Waals surface area contributed by atoms with Crippen LogP contribution in [0.4, 0.5) is 0 Å². The van der Waals surface area contributed by atoms with Crippen molar-refractivity contribution in [1.82, 2.24) is 4.90 Å². The number of Topliss-reactive ketones (excluding diaryl/α,β-unsaturated/α-hetero) is 1. The van der Waals surface area contributed by atoms with Crippen LogP contribution in [0.15, 0.2) is 72.8 Å². The Labute approximate surface area is 183 Å². The molecule has 1 aliphatic rings. The molecule has 0 bridgehead atoms. The third-order valence-electron chi connectivity index (χ3n) is 4.89. The minimum absolute atomic E-state index is 0.0883. The molecule has 0 spiro atoms. The molecule has 0 saturated heterocycles. The zero-order chi connectivity index (χ0) is 22.0. The lowest BCUT2D eigenvalue weighted by molar-refractivity contribution is 0.0474. The van der Waals surface area contributed by atoms with Crippen LogP contribution in [0, 0.1) is 0 Å². The smallest absolute Gasteiger partial charge is 0.338 e. The van der Waals surface area contributed by atoms with E-state index in [0.717, 1.165) is 10.5 Å². The zero-order valence-corrected chi connectivity index (χ0v) is 17.0. The highest BCUT2D eigenvalue weighted by atomic mass is 35.5. The molecule has 6 nitrogen and oxygen atoms in total. The topological polar surface area (TPSA) is 80.8 Å². The number of ether oxygens (including phenoxy) is 1. The van der Waals surface area contributed by atoms with Gasteiger partial charge in [-0.1, -0.05) is 41.9 Å². The SMILES string of the molecule is O=C(COC(=O)c1ccc2c(c1)C(=O)N(Cc1ccccc1)C2=O)c1ccc(Cl)cc1. The Kier molecular flexibility index (Phi) is 5.64. The average molecular weight is 434 g/mol. The van der Waals surface area contributed by atoms with Gasteiger partial charge in [-0.3, -0.25) is 19.3 Å². The zero-order valence-electron chi connectivity index (χ0n) is 16.2. The van der Waals surface area contributed by atoms with Crippen molar-refractivity contribution < 1.29 is 23.9 Å². The number of carbonyl (C=O) groups excluding carboxylic acids is 4. The summed E-state index contributed by atoms with van der Waals surface area (Å²) in [7, 11) is 0. The lowest BCUT2D eigenvalue weighted by atomic mass is 10.1. The second-order valence-electron chi connectivity index (χ2n) is 6.95. The van der Waals surface area contributed by atoms with Gasteiger partial charge in [0.2, 0.25) is 0 Å². The molecule has 0 aliphatic carbocycles. The summed E-state index contributed by atoms with van der Waals surface area (Å²) in [5.41, 5.74) is 1.64. The summed E-state index contributed by atoms with van der Waals surface area (Å²) in [6.45, 7) is -0.312. The van der Waals surface area contributed by atoms with Gasteiger partial charge >= 0.3 is 5.97 Å². The summed E-state index contributed by atoms with van der Waals surface area (Å²) in [5.74, 6) is -2.03. The highest BCUT2D eigenvalue weighted by molar-refractivity contribution is 6.30. The Morgan fingerprint density at radius 1 is 0.806 bits per heavy atom. The molecule has 0 radical (unpaired) electrons. The van der Waals surface area contributed by atoms with Gasteiger partial charge < -0.3 is 4.74 Å². The molecule has 0 unspecified atom stereocenters. The van der Waals surface area contributed by atoms with Gasteiger partial charge in [0.15, 0.2) is 12.4 Å². The van der Waals surface area contributed by atoms with E-state index in [9.17, 15) is 19.2 Å². The standard InChI is InChI=1S/C24H16ClNO5/c25-18-9-6-16(7-10-18)21(27)14-31-24(30)17-8-11-19-20(12-17)23(29)26(22(19)28)13-15-4-2-1-3-5-15/h1-12H,13-14H2. The predicted molar refractivity (Wildman–Crippen MR) is 113 cm³/mol. The molecule has 0 saturated carbocycles. The first kappa shape index (κ1) is 20.5. The van der Waals surface area contributed by atoms with Crippen LogP contribution in [0.25, 0.3) is 0 Å². The number of halogens is 1. The van der Waals surface area contributed by atoms with Gasteiger partial charge in [0, 0.05) is 10.6 Å². The Bertz CT molecular complexity index is 1190. The molecule has 154 valence electrons. The maximum atomic E-state index is 12.8. The average Bonchev–Trinajstić information content (AvgIpc) is 3.02. The van der Waals surface area contributed by atoms with Crippen LogP contribution in [-0.2, 0) is 11.3 Å². The third-order valence-corrected chi connectivity index (χ3v) is 5.14. The van der Waals surface area contributed by atoms with Gasteiger partial charge in [-0.15, -0.1) is 0 Å². The van der Waals surface area contributed by atoms with Crippen LogP contribution in [-0.4, -0.2) is 35.1 Å². The number of ketones is 1. The van der Waals surface area contributed by atoms with Crippen molar-refractivity contribution in [3.63, 3.8) is 0 Å². The Hall–Kier alpha value is -3.77. The molecule has 0 fully saturated rings. The number of hydrogen-bond acceptors (Lipinski definition) is 5. The van der Waals surface area contributed by atoms with E-state index in [1.54, 1.807) is 24.3 Å². The molecular formula is C24H16ClNO5. The maximum absolute atomic E-state index is 12.8. The van der Waals surface area contributed by atoms with E-state index in [-0.39, 0.29) is 29.0 Å². The fourth-order valence-electron chi connectivity index (χ4n) is 3.26. The number of nitrogens with zero attached hydrogens (tertiary/aromatic N) is 1. The quantitative estimate of drug-likeness (QED) is 0.331. The lowest BCUT2D eigenvalue weighted by Gasteiger charge is -2.13. The van der Waals surface area contributed by atoms with Gasteiger partial charge in [0.25, 0.3) is 11.8 Å². The number of fused-ring (bicyclic) bond motifs is 1. The van der Waals surface area contributed by atoms with Gasteiger partial charge in [0.05, 0.1) is 23.2 Å². The molecule has 2 amide bonds. The van der Waals surface area contributed by atoms with Gasteiger partial charge in [-0.05, 0) is 48.0 Å². The number of benzene rings is 3. The summed E-state index contributed by atoms with van der Waals surface area (Å²) in [5, 5.41) is 0.493. The van der Waals surface area contributed by atoms with Crippen molar-refractivity contribution in [3.8, 4) is 0 Å².